The highest BCUT2D eigenvalue weighted by atomic mass is 14.1. The predicted molar refractivity (Wildman–Crippen MR) is 94.4 cm³/mol. The van der Waals surface area contributed by atoms with Crippen LogP contribution in [0.2, 0.25) is 0 Å². The fourth-order valence-corrected chi connectivity index (χ4v) is 2.69. The van der Waals surface area contributed by atoms with Gasteiger partial charge < -0.3 is 0 Å². The van der Waals surface area contributed by atoms with Gasteiger partial charge in [-0.15, -0.1) is 0 Å². The van der Waals surface area contributed by atoms with Crippen molar-refractivity contribution in [3.63, 3.8) is 0 Å². The summed E-state index contributed by atoms with van der Waals surface area (Å²) in [5.74, 6) is 0.720. The first-order valence-electron chi connectivity index (χ1n) is 8.16. The van der Waals surface area contributed by atoms with E-state index in [4.69, 9.17) is 0 Å². The van der Waals surface area contributed by atoms with Gasteiger partial charge in [0.15, 0.2) is 0 Å². The van der Waals surface area contributed by atoms with Gasteiger partial charge in [0, 0.05) is 0 Å². The molecule has 0 aliphatic carbocycles. The average Bonchev–Trinajstić information content (AvgIpc) is 2.56. The lowest BCUT2D eigenvalue weighted by molar-refractivity contribution is 0.570. The molecule has 0 spiro atoms. The van der Waals surface area contributed by atoms with Crippen molar-refractivity contribution in [1.82, 2.24) is 0 Å². The van der Waals surface area contributed by atoms with E-state index in [9.17, 15) is 0 Å². The highest BCUT2D eigenvalue weighted by Crippen LogP contribution is 2.25. The molecule has 0 saturated heterocycles. The zero-order valence-electron chi connectivity index (χ0n) is 13.3. The van der Waals surface area contributed by atoms with Gasteiger partial charge in [-0.3, -0.25) is 0 Å². The van der Waals surface area contributed by atoms with Crippen molar-refractivity contribution >= 4 is 12.2 Å². The van der Waals surface area contributed by atoms with E-state index in [1.165, 1.54) is 42.4 Å². The first-order valence-corrected chi connectivity index (χ1v) is 8.16. The Morgan fingerprint density at radius 3 is 2.00 bits per heavy atom. The second-order valence-electron chi connectivity index (χ2n) is 5.66. The molecule has 0 nitrogen and oxygen atoms in total. The average molecular weight is 278 g/mol. The molecule has 110 valence electrons. The van der Waals surface area contributed by atoms with Crippen LogP contribution in [0.3, 0.4) is 0 Å². The van der Waals surface area contributed by atoms with Gasteiger partial charge >= 0.3 is 0 Å². The topological polar surface area (TPSA) is 0 Å². The van der Waals surface area contributed by atoms with E-state index in [0.717, 1.165) is 5.92 Å². The number of unbranched alkanes of at least 4 members (excludes halogenated alkanes) is 1. The quantitative estimate of drug-likeness (QED) is 0.504. The molecular weight excluding hydrogens is 252 g/mol. The molecule has 0 saturated carbocycles. The molecule has 0 amide bonds. The molecule has 0 fully saturated rings. The van der Waals surface area contributed by atoms with Crippen LogP contribution in [0.5, 0.6) is 0 Å². The van der Waals surface area contributed by atoms with Crippen molar-refractivity contribution in [2.24, 2.45) is 0 Å². The van der Waals surface area contributed by atoms with Gasteiger partial charge in [-0.1, -0.05) is 93.4 Å². The largest absolute Gasteiger partial charge is 0.0654 e. The number of hydrogen-bond donors (Lipinski definition) is 0. The third kappa shape index (κ3) is 4.90. The van der Waals surface area contributed by atoms with Crippen LogP contribution in [0, 0.1) is 0 Å². The molecule has 2 rings (SSSR count). The molecule has 0 aliphatic heterocycles. The van der Waals surface area contributed by atoms with E-state index in [1.807, 2.05) is 6.07 Å². The van der Waals surface area contributed by atoms with Crippen LogP contribution in [0.25, 0.3) is 12.2 Å². The maximum absolute atomic E-state index is 2.30. The van der Waals surface area contributed by atoms with Crippen molar-refractivity contribution in [2.75, 3.05) is 0 Å². The molecule has 1 unspecified atom stereocenters. The molecule has 0 N–H and O–H groups in total. The highest BCUT2D eigenvalue weighted by Gasteiger charge is 2.07. The number of rotatable bonds is 7. The Labute approximate surface area is 129 Å². The maximum atomic E-state index is 2.30. The van der Waals surface area contributed by atoms with Crippen LogP contribution in [0.4, 0.5) is 0 Å². The van der Waals surface area contributed by atoms with E-state index in [1.54, 1.807) is 0 Å². The first-order chi connectivity index (χ1) is 10.3. The van der Waals surface area contributed by atoms with Crippen molar-refractivity contribution < 1.29 is 0 Å². The van der Waals surface area contributed by atoms with Gasteiger partial charge in [0.25, 0.3) is 0 Å². The number of benzene rings is 2. The third-order valence-corrected chi connectivity index (χ3v) is 4.07. The molecule has 0 aliphatic rings. The van der Waals surface area contributed by atoms with Crippen LogP contribution < -0.4 is 0 Å². The standard InChI is InChI=1S/C21H26/c1-3-5-11-20(4-2)21-16-14-19(15-17-21)13-12-18-9-7-6-8-10-18/h6-10,12-17,20H,3-5,11H2,1-2H3/b13-12+. The molecular formula is C21H26. The molecule has 2 aromatic rings. The Morgan fingerprint density at radius 1 is 0.810 bits per heavy atom. The normalized spacial score (nSPS) is 12.7. The molecule has 0 bridgehead atoms. The lowest BCUT2D eigenvalue weighted by atomic mass is 9.91. The van der Waals surface area contributed by atoms with Crippen LogP contribution in [-0.4, -0.2) is 0 Å². The monoisotopic (exact) mass is 278 g/mol. The van der Waals surface area contributed by atoms with Crippen molar-refractivity contribution in [3.8, 4) is 0 Å². The Morgan fingerprint density at radius 2 is 1.43 bits per heavy atom. The fourth-order valence-electron chi connectivity index (χ4n) is 2.69. The van der Waals surface area contributed by atoms with Crippen molar-refractivity contribution in [3.05, 3.63) is 71.3 Å². The second-order valence-corrected chi connectivity index (χ2v) is 5.66. The molecule has 21 heavy (non-hydrogen) atoms. The van der Waals surface area contributed by atoms with Gasteiger partial charge in [-0.2, -0.15) is 0 Å². The summed E-state index contributed by atoms with van der Waals surface area (Å²) in [5, 5.41) is 0. The van der Waals surface area contributed by atoms with Crippen molar-refractivity contribution in [1.29, 1.82) is 0 Å². The second kappa shape index (κ2) is 8.46. The summed E-state index contributed by atoms with van der Waals surface area (Å²) in [4.78, 5) is 0. The molecule has 0 heterocycles. The lowest BCUT2D eigenvalue weighted by Crippen LogP contribution is -1.97. The summed E-state index contributed by atoms with van der Waals surface area (Å²) in [6.07, 6.45) is 9.52. The summed E-state index contributed by atoms with van der Waals surface area (Å²) >= 11 is 0. The molecule has 1 atom stereocenters. The van der Waals surface area contributed by atoms with Crippen LogP contribution in [0.1, 0.15) is 62.1 Å². The molecule has 0 radical (unpaired) electrons. The van der Waals surface area contributed by atoms with Gasteiger partial charge in [0.1, 0.15) is 0 Å². The minimum absolute atomic E-state index is 0.720. The summed E-state index contributed by atoms with van der Waals surface area (Å²) < 4.78 is 0. The van der Waals surface area contributed by atoms with Gasteiger partial charge in [-0.25, -0.2) is 0 Å². The Kier molecular flexibility index (Phi) is 6.27. The van der Waals surface area contributed by atoms with Gasteiger partial charge in [-0.05, 0) is 35.4 Å². The maximum Gasteiger partial charge on any atom is -0.0165 e. The lowest BCUT2D eigenvalue weighted by Gasteiger charge is -2.15. The van der Waals surface area contributed by atoms with E-state index >= 15 is 0 Å². The van der Waals surface area contributed by atoms with Crippen LogP contribution >= 0.6 is 0 Å². The summed E-state index contributed by atoms with van der Waals surface area (Å²) in [6, 6.07) is 19.5. The summed E-state index contributed by atoms with van der Waals surface area (Å²) in [6.45, 7) is 4.56. The van der Waals surface area contributed by atoms with Crippen LogP contribution in [0.15, 0.2) is 54.6 Å². The zero-order valence-corrected chi connectivity index (χ0v) is 13.3. The SMILES string of the molecule is CCCCC(CC)c1ccc(/C=C/c2ccccc2)cc1. The third-order valence-electron chi connectivity index (χ3n) is 4.07. The molecule has 0 aromatic heterocycles. The van der Waals surface area contributed by atoms with Crippen LogP contribution in [-0.2, 0) is 0 Å². The van der Waals surface area contributed by atoms with Gasteiger partial charge in [0.2, 0.25) is 0 Å². The summed E-state index contributed by atoms with van der Waals surface area (Å²) in [7, 11) is 0. The number of hydrogen-bond acceptors (Lipinski definition) is 0. The highest BCUT2D eigenvalue weighted by molar-refractivity contribution is 5.69. The Hall–Kier alpha value is -1.82. The molecule has 0 heteroatoms. The van der Waals surface area contributed by atoms with E-state index in [0.29, 0.717) is 0 Å². The molecule has 2 aromatic carbocycles. The van der Waals surface area contributed by atoms with E-state index in [2.05, 4.69) is 74.5 Å². The minimum atomic E-state index is 0.720. The summed E-state index contributed by atoms with van der Waals surface area (Å²) in [5.41, 5.74) is 4.01. The van der Waals surface area contributed by atoms with E-state index in [-0.39, 0.29) is 0 Å². The predicted octanol–water partition coefficient (Wildman–Crippen LogP) is 6.54. The fraction of sp³-hybridized carbons (Fsp3) is 0.333. The Balaban J connectivity index is 2.03. The smallest absolute Gasteiger partial charge is 0.0165 e. The van der Waals surface area contributed by atoms with E-state index < -0.39 is 0 Å². The van der Waals surface area contributed by atoms with Gasteiger partial charge in [0.05, 0.1) is 0 Å². The van der Waals surface area contributed by atoms with Crippen molar-refractivity contribution in [2.45, 2.75) is 45.4 Å². The Bertz CT molecular complexity index is 534. The first kappa shape index (κ1) is 15.6. The minimum Gasteiger partial charge on any atom is -0.0654 e. The zero-order chi connectivity index (χ0) is 14.9.